The summed E-state index contributed by atoms with van der Waals surface area (Å²) >= 11 is 0. The molecular weight excluding hydrogens is 241 g/mol. The Bertz CT molecular complexity index is 357. The van der Waals surface area contributed by atoms with Crippen molar-refractivity contribution in [2.24, 2.45) is 11.8 Å². The number of imide groups is 1. The van der Waals surface area contributed by atoms with E-state index in [9.17, 15) is 14.4 Å². The smallest absolute Gasteiger partial charge is 0.233 e. The molecule has 4 nitrogen and oxygen atoms in total. The van der Waals surface area contributed by atoms with Crippen LogP contribution in [0.15, 0.2) is 0 Å². The molecule has 0 aromatic carbocycles. The summed E-state index contributed by atoms with van der Waals surface area (Å²) in [6.07, 6.45) is 3.93. The molecule has 1 rings (SSSR count). The molecule has 0 aliphatic carbocycles. The lowest BCUT2D eigenvalue weighted by molar-refractivity contribution is -0.139. The Labute approximate surface area is 116 Å². The van der Waals surface area contributed by atoms with Gasteiger partial charge in [0.25, 0.3) is 0 Å². The van der Waals surface area contributed by atoms with Crippen LogP contribution in [0.3, 0.4) is 0 Å². The second-order valence-electron chi connectivity index (χ2n) is 5.36. The fraction of sp³-hybridized carbons (Fsp3) is 0.786. The number of nitrogens with zero attached hydrogens (tertiary/aromatic N) is 1. The van der Waals surface area contributed by atoms with Crippen molar-refractivity contribution in [1.29, 1.82) is 0 Å². The first-order valence-electron chi connectivity index (χ1n) is 7.09. The zero-order valence-corrected chi connectivity index (χ0v) is 11.9. The van der Waals surface area contributed by atoms with Crippen LogP contribution in [-0.4, -0.2) is 36.8 Å². The van der Waals surface area contributed by atoms with Crippen molar-refractivity contribution in [2.75, 3.05) is 6.54 Å². The minimum absolute atomic E-state index is 0.0192. The van der Waals surface area contributed by atoms with E-state index in [1.807, 2.05) is 13.8 Å². The molecule has 104 valence electrons. The van der Waals surface area contributed by atoms with Crippen LogP contribution in [-0.2, 0) is 14.4 Å². The SMILES string of the molecule is [B]C(=O)CCCCCN1C(=O)CC(C(C)CC)C1=O. The highest BCUT2D eigenvalue weighted by Gasteiger charge is 2.40. The number of hydrogen-bond donors (Lipinski definition) is 0. The van der Waals surface area contributed by atoms with Gasteiger partial charge in [0.2, 0.25) is 11.8 Å². The van der Waals surface area contributed by atoms with Crippen molar-refractivity contribution in [3.8, 4) is 0 Å². The second-order valence-corrected chi connectivity index (χ2v) is 5.36. The Balaban J connectivity index is 2.36. The van der Waals surface area contributed by atoms with Crippen LogP contribution >= 0.6 is 0 Å². The number of likely N-dealkylation sites (tertiary alicyclic amines) is 1. The molecule has 2 unspecified atom stereocenters. The highest BCUT2D eigenvalue weighted by Crippen LogP contribution is 2.28. The molecule has 0 bridgehead atoms. The predicted molar refractivity (Wildman–Crippen MR) is 73.5 cm³/mol. The van der Waals surface area contributed by atoms with Crippen LogP contribution in [0.2, 0.25) is 0 Å². The van der Waals surface area contributed by atoms with E-state index in [2.05, 4.69) is 0 Å². The highest BCUT2D eigenvalue weighted by molar-refractivity contribution is 6.57. The van der Waals surface area contributed by atoms with E-state index in [4.69, 9.17) is 7.85 Å². The molecule has 1 saturated heterocycles. The summed E-state index contributed by atoms with van der Waals surface area (Å²) in [4.78, 5) is 35.9. The van der Waals surface area contributed by atoms with E-state index in [-0.39, 0.29) is 29.3 Å². The van der Waals surface area contributed by atoms with Gasteiger partial charge in [0.1, 0.15) is 0 Å². The van der Waals surface area contributed by atoms with Gasteiger partial charge in [-0.15, -0.1) is 0 Å². The number of rotatable bonds is 8. The van der Waals surface area contributed by atoms with E-state index >= 15 is 0 Å². The van der Waals surface area contributed by atoms with Crippen LogP contribution in [0.5, 0.6) is 0 Å². The average molecular weight is 263 g/mol. The van der Waals surface area contributed by atoms with Gasteiger partial charge in [0.05, 0.1) is 5.68 Å². The molecular formula is C14H22BNO3. The van der Waals surface area contributed by atoms with E-state index in [1.54, 1.807) is 0 Å². The summed E-state index contributed by atoms with van der Waals surface area (Å²) < 4.78 is 0. The van der Waals surface area contributed by atoms with Gasteiger partial charge in [0.15, 0.2) is 7.85 Å². The van der Waals surface area contributed by atoms with Crippen LogP contribution in [0, 0.1) is 11.8 Å². The Morgan fingerprint density at radius 3 is 2.63 bits per heavy atom. The van der Waals surface area contributed by atoms with Gasteiger partial charge in [-0.2, -0.15) is 0 Å². The molecule has 0 aromatic rings. The molecule has 1 heterocycles. The van der Waals surface area contributed by atoms with Gasteiger partial charge in [-0.1, -0.05) is 26.7 Å². The van der Waals surface area contributed by atoms with Gasteiger partial charge in [-0.25, -0.2) is 0 Å². The van der Waals surface area contributed by atoms with Gasteiger partial charge in [0, 0.05) is 18.9 Å². The fourth-order valence-electron chi connectivity index (χ4n) is 2.42. The van der Waals surface area contributed by atoms with Gasteiger partial charge >= 0.3 is 0 Å². The molecule has 0 saturated carbocycles. The zero-order chi connectivity index (χ0) is 14.4. The van der Waals surface area contributed by atoms with Crippen molar-refractivity contribution in [3.63, 3.8) is 0 Å². The molecule has 5 heteroatoms. The van der Waals surface area contributed by atoms with Crippen LogP contribution in [0.1, 0.15) is 52.4 Å². The molecule has 2 atom stereocenters. The Hall–Kier alpha value is -1.13. The maximum absolute atomic E-state index is 12.1. The van der Waals surface area contributed by atoms with Crippen molar-refractivity contribution in [1.82, 2.24) is 4.90 Å². The average Bonchev–Trinajstić information content (AvgIpc) is 2.64. The minimum atomic E-state index is -0.301. The lowest BCUT2D eigenvalue weighted by Gasteiger charge is -2.17. The lowest BCUT2D eigenvalue weighted by Crippen LogP contribution is -2.32. The van der Waals surface area contributed by atoms with Crippen LogP contribution < -0.4 is 0 Å². The Kier molecular flexibility index (Phi) is 6.26. The zero-order valence-electron chi connectivity index (χ0n) is 11.9. The molecule has 1 aliphatic heterocycles. The standard InChI is InChI=1S/C14H22BNO3/c1-3-10(2)11-9-13(18)16(14(11)19)8-6-4-5-7-12(15)17/h10-11H,3-9H2,1-2H3. The third kappa shape index (κ3) is 4.48. The Morgan fingerprint density at radius 1 is 1.37 bits per heavy atom. The molecule has 1 aliphatic rings. The van der Waals surface area contributed by atoms with Crippen molar-refractivity contribution < 1.29 is 14.4 Å². The third-order valence-electron chi connectivity index (χ3n) is 3.91. The topological polar surface area (TPSA) is 54.5 Å². The monoisotopic (exact) mass is 263 g/mol. The van der Waals surface area contributed by atoms with Crippen molar-refractivity contribution in [2.45, 2.75) is 52.4 Å². The first-order valence-corrected chi connectivity index (χ1v) is 7.09. The fourth-order valence-corrected chi connectivity index (χ4v) is 2.42. The van der Waals surface area contributed by atoms with Gasteiger partial charge < -0.3 is 4.79 Å². The summed E-state index contributed by atoms with van der Waals surface area (Å²) in [6, 6.07) is 0. The van der Waals surface area contributed by atoms with Crippen LogP contribution in [0.4, 0.5) is 0 Å². The number of hydrogen-bond acceptors (Lipinski definition) is 3. The molecule has 0 N–H and O–H groups in total. The number of carbonyl (C=O) groups excluding carboxylic acids is 3. The molecule has 2 radical (unpaired) electrons. The van der Waals surface area contributed by atoms with E-state index in [1.165, 1.54) is 4.90 Å². The van der Waals surface area contributed by atoms with E-state index < -0.39 is 0 Å². The first kappa shape index (κ1) is 15.9. The van der Waals surface area contributed by atoms with Crippen molar-refractivity contribution >= 4 is 25.3 Å². The number of amides is 2. The minimum Gasteiger partial charge on any atom is -0.313 e. The predicted octanol–water partition coefficient (Wildman–Crippen LogP) is 1.66. The largest absolute Gasteiger partial charge is 0.313 e. The normalized spacial score (nSPS) is 20.9. The summed E-state index contributed by atoms with van der Waals surface area (Å²) in [5, 5.41) is 0. The molecule has 19 heavy (non-hydrogen) atoms. The van der Waals surface area contributed by atoms with Crippen LogP contribution in [0.25, 0.3) is 0 Å². The molecule has 0 spiro atoms. The molecule has 2 amide bonds. The summed E-state index contributed by atoms with van der Waals surface area (Å²) in [5.74, 6) is 0.0545. The highest BCUT2D eigenvalue weighted by atomic mass is 16.2. The van der Waals surface area contributed by atoms with Crippen molar-refractivity contribution in [3.05, 3.63) is 0 Å². The third-order valence-corrected chi connectivity index (χ3v) is 3.91. The van der Waals surface area contributed by atoms with E-state index in [0.29, 0.717) is 19.4 Å². The van der Waals surface area contributed by atoms with Gasteiger partial charge in [-0.3, -0.25) is 14.5 Å². The summed E-state index contributed by atoms with van der Waals surface area (Å²) in [7, 11) is 5.05. The maximum Gasteiger partial charge on any atom is 0.233 e. The maximum atomic E-state index is 12.1. The van der Waals surface area contributed by atoms with E-state index in [0.717, 1.165) is 25.7 Å². The first-order chi connectivity index (χ1) is 8.97. The van der Waals surface area contributed by atoms with Gasteiger partial charge in [-0.05, 0) is 25.2 Å². The summed E-state index contributed by atoms with van der Waals surface area (Å²) in [5.41, 5.74) is -0.301. The quantitative estimate of drug-likeness (QED) is 0.380. The lowest BCUT2D eigenvalue weighted by atomic mass is 9.90. The second kappa shape index (κ2) is 7.46. The molecule has 0 aromatic heterocycles. The molecule has 1 fully saturated rings. The number of carbonyl (C=O) groups is 3. The number of unbranched alkanes of at least 4 members (excludes halogenated alkanes) is 2. The summed E-state index contributed by atoms with van der Waals surface area (Å²) in [6.45, 7) is 4.53. The Morgan fingerprint density at radius 2 is 2.05 bits per heavy atom.